The lowest BCUT2D eigenvalue weighted by molar-refractivity contribution is 0.850. The van der Waals surface area contributed by atoms with Gasteiger partial charge in [-0.05, 0) is 28.5 Å². The smallest absolute Gasteiger partial charge is 0.0570 e. The minimum Gasteiger partial charge on any atom is -0.322 e. The Morgan fingerprint density at radius 1 is 0.824 bits per heavy atom. The van der Waals surface area contributed by atoms with Crippen molar-refractivity contribution in [2.45, 2.75) is 6.54 Å². The molecule has 2 aromatic carbocycles. The third kappa shape index (κ3) is 2.02. The van der Waals surface area contributed by atoms with Crippen LogP contribution in [0.4, 0.5) is 0 Å². The van der Waals surface area contributed by atoms with Gasteiger partial charge in [0.05, 0.1) is 6.54 Å². The van der Waals surface area contributed by atoms with Gasteiger partial charge in [-0.15, -0.1) is 0 Å². The molecule has 2 heteroatoms. The number of fused-ring (bicyclic) bond motifs is 1. The molecule has 0 saturated heterocycles. The predicted octanol–water partition coefficient (Wildman–Crippen LogP) is 3.39. The van der Waals surface area contributed by atoms with E-state index in [0.29, 0.717) is 0 Å². The van der Waals surface area contributed by atoms with Crippen molar-refractivity contribution in [2.24, 2.45) is 0 Å². The molecule has 0 amide bonds. The van der Waals surface area contributed by atoms with Crippen molar-refractivity contribution in [3.05, 3.63) is 72.6 Å². The Morgan fingerprint density at radius 3 is 2.47 bits per heavy atom. The maximum atomic E-state index is 3.35. The molecule has 84 valence electrons. The fraction of sp³-hybridized carbons (Fsp3) is 0.0667. The quantitative estimate of drug-likeness (QED) is 0.718. The number of rotatable bonds is 3. The van der Waals surface area contributed by atoms with Crippen LogP contribution in [0.1, 0.15) is 5.56 Å². The third-order valence-electron chi connectivity index (χ3n) is 2.94. The first-order valence-corrected chi connectivity index (χ1v) is 5.77. The molecule has 2 nitrogen and oxygen atoms in total. The Balaban J connectivity index is 1.90. The van der Waals surface area contributed by atoms with Gasteiger partial charge in [-0.25, -0.2) is 0 Å². The van der Waals surface area contributed by atoms with Gasteiger partial charge in [0.15, 0.2) is 0 Å². The lowest BCUT2D eigenvalue weighted by Gasteiger charge is -2.10. The second-order valence-corrected chi connectivity index (χ2v) is 4.06. The van der Waals surface area contributed by atoms with E-state index in [1.54, 1.807) is 0 Å². The molecule has 0 radical (unpaired) electrons. The van der Waals surface area contributed by atoms with Crippen molar-refractivity contribution in [3.8, 4) is 0 Å². The molecule has 1 heterocycles. The van der Waals surface area contributed by atoms with E-state index >= 15 is 0 Å². The molecule has 0 aliphatic carbocycles. The zero-order valence-corrected chi connectivity index (χ0v) is 9.51. The minimum absolute atomic E-state index is 0.829. The van der Waals surface area contributed by atoms with Crippen LogP contribution in [0.15, 0.2) is 67.0 Å². The second kappa shape index (κ2) is 4.34. The average Bonchev–Trinajstić information content (AvgIpc) is 2.89. The topological polar surface area (TPSA) is 17.0 Å². The fourth-order valence-electron chi connectivity index (χ4n) is 2.06. The van der Waals surface area contributed by atoms with Gasteiger partial charge in [-0.1, -0.05) is 42.5 Å². The van der Waals surface area contributed by atoms with E-state index in [1.807, 2.05) is 29.2 Å². The van der Waals surface area contributed by atoms with Crippen LogP contribution in [0.3, 0.4) is 0 Å². The summed E-state index contributed by atoms with van der Waals surface area (Å²) in [5.74, 6) is 0. The highest BCUT2D eigenvalue weighted by atomic mass is 15.4. The summed E-state index contributed by atoms with van der Waals surface area (Å²) in [6.45, 7) is 0.829. The molecular formula is C15H14N2. The number of nitrogens with one attached hydrogen (secondary N) is 1. The Bertz CT molecular complexity index is 606. The molecule has 17 heavy (non-hydrogen) atoms. The van der Waals surface area contributed by atoms with Crippen molar-refractivity contribution in [1.29, 1.82) is 0 Å². The molecular weight excluding hydrogens is 208 g/mol. The van der Waals surface area contributed by atoms with Gasteiger partial charge < -0.3 is 5.43 Å². The van der Waals surface area contributed by atoms with Gasteiger partial charge in [0.25, 0.3) is 0 Å². The molecule has 1 aromatic heterocycles. The first-order valence-electron chi connectivity index (χ1n) is 5.77. The normalized spacial score (nSPS) is 10.6. The molecule has 1 N–H and O–H groups in total. The summed E-state index contributed by atoms with van der Waals surface area (Å²) in [7, 11) is 0. The Morgan fingerprint density at radius 2 is 1.59 bits per heavy atom. The van der Waals surface area contributed by atoms with Gasteiger partial charge in [0.1, 0.15) is 0 Å². The zero-order chi connectivity index (χ0) is 11.5. The summed E-state index contributed by atoms with van der Waals surface area (Å²) in [4.78, 5) is 0. The van der Waals surface area contributed by atoms with Gasteiger partial charge in [0.2, 0.25) is 0 Å². The highest BCUT2D eigenvalue weighted by Gasteiger charge is 1.99. The molecule has 0 aliphatic rings. The van der Waals surface area contributed by atoms with Crippen LogP contribution in [0.5, 0.6) is 0 Å². The monoisotopic (exact) mass is 222 g/mol. The van der Waals surface area contributed by atoms with Crippen molar-refractivity contribution in [2.75, 3.05) is 5.43 Å². The van der Waals surface area contributed by atoms with E-state index in [1.165, 1.54) is 16.3 Å². The van der Waals surface area contributed by atoms with Crippen molar-refractivity contribution < 1.29 is 0 Å². The Labute approximate surface area is 100 Å². The molecule has 0 bridgehead atoms. The van der Waals surface area contributed by atoms with E-state index in [2.05, 4.69) is 47.9 Å². The largest absolute Gasteiger partial charge is 0.322 e. The van der Waals surface area contributed by atoms with Gasteiger partial charge in [-0.2, -0.15) is 0 Å². The summed E-state index contributed by atoms with van der Waals surface area (Å²) in [5.41, 5.74) is 4.67. The summed E-state index contributed by atoms with van der Waals surface area (Å²) in [5, 5.41) is 2.61. The molecule has 0 fully saturated rings. The first-order chi connectivity index (χ1) is 8.43. The number of benzene rings is 2. The van der Waals surface area contributed by atoms with E-state index < -0.39 is 0 Å². The highest BCUT2D eigenvalue weighted by molar-refractivity contribution is 5.85. The Hall–Kier alpha value is -2.22. The molecule has 3 aromatic rings. The van der Waals surface area contributed by atoms with Crippen LogP contribution in [-0.2, 0) is 6.54 Å². The van der Waals surface area contributed by atoms with Crippen LogP contribution in [-0.4, -0.2) is 4.68 Å². The van der Waals surface area contributed by atoms with E-state index in [0.717, 1.165) is 6.54 Å². The average molecular weight is 222 g/mol. The number of hydrogen-bond acceptors (Lipinski definition) is 1. The van der Waals surface area contributed by atoms with Gasteiger partial charge in [-0.3, -0.25) is 4.68 Å². The summed E-state index contributed by atoms with van der Waals surface area (Å²) in [6, 6.07) is 18.9. The molecule has 0 spiro atoms. The van der Waals surface area contributed by atoms with Gasteiger partial charge in [0, 0.05) is 12.4 Å². The lowest BCUT2D eigenvalue weighted by atomic mass is 10.1. The maximum absolute atomic E-state index is 3.35. The van der Waals surface area contributed by atoms with Crippen LogP contribution in [0.2, 0.25) is 0 Å². The first kappa shape index (κ1) is 9.97. The second-order valence-electron chi connectivity index (χ2n) is 4.06. The number of hydrogen-bond donors (Lipinski definition) is 1. The minimum atomic E-state index is 0.829. The zero-order valence-electron chi connectivity index (χ0n) is 9.51. The van der Waals surface area contributed by atoms with Crippen LogP contribution >= 0.6 is 0 Å². The van der Waals surface area contributed by atoms with Crippen molar-refractivity contribution >= 4 is 10.8 Å². The lowest BCUT2D eigenvalue weighted by Crippen LogP contribution is -2.11. The van der Waals surface area contributed by atoms with E-state index in [4.69, 9.17) is 0 Å². The number of aromatic nitrogens is 1. The molecule has 0 unspecified atom stereocenters. The van der Waals surface area contributed by atoms with Crippen LogP contribution in [0.25, 0.3) is 10.8 Å². The van der Waals surface area contributed by atoms with Crippen LogP contribution < -0.4 is 5.43 Å². The van der Waals surface area contributed by atoms with Crippen molar-refractivity contribution in [1.82, 2.24) is 4.68 Å². The highest BCUT2D eigenvalue weighted by Crippen LogP contribution is 2.18. The number of nitrogens with zero attached hydrogens (tertiary/aromatic N) is 1. The Kier molecular flexibility index (Phi) is 2.54. The third-order valence-corrected chi connectivity index (χ3v) is 2.94. The van der Waals surface area contributed by atoms with E-state index in [9.17, 15) is 0 Å². The molecule has 0 saturated carbocycles. The predicted molar refractivity (Wildman–Crippen MR) is 71.4 cm³/mol. The SMILES string of the molecule is c1ccc2c(CNn3cccc3)cccc2c1. The molecule has 0 atom stereocenters. The van der Waals surface area contributed by atoms with Gasteiger partial charge >= 0.3 is 0 Å². The summed E-state index contributed by atoms with van der Waals surface area (Å²) in [6.07, 6.45) is 4.01. The standard InChI is InChI=1S/C15H14N2/c1-2-9-15-13(6-1)7-5-8-14(15)12-16-17-10-3-4-11-17/h1-11,16H,12H2. The van der Waals surface area contributed by atoms with E-state index in [-0.39, 0.29) is 0 Å². The molecule has 3 rings (SSSR count). The summed E-state index contributed by atoms with van der Waals surface area (Å²) >= 11 is 0. The molecule has 0 aliphatic heterocycles. The summed E-state index contributed by atoms with van der Waals surface area (Å²) < 4.78 is 1.97. The maximum Gasteiger partial charge on any atom is 0.0570 e. The fourth-order valence-corrected chi connectivity index (χ4v) is 2.06. The van der Waals surface area contributed by atoms with Crippen LogP contribution in [0, 0.1) is 0 Å². The van der Waals surface area contributed by atoms with Crippen molar-refractivity contribution in [3.63, 3.8) is 0 Å².